The molecule has 3 aromatic rings. The van der Waals surface area contributed by atoms with E-state index in [0.29, 0.717) is 16.6 Å². The predicted octanol–water partition coefficient (Wildman–Crippen LogP) is 4.79. The van der Waals surface area contributed by atoms with Gasteiger partial charge in [-0.25, -0.2) is 4.98 Å². The second-order valence-electron chi connectivity index (χ2n) is 4.62. The lowest BCUT2D eigenvalue weighted by molar-refractivity contribution is 1.05. The number of imidazole rings is 1. The van der Waals surface area contributed by atoms with Crippen molar-refractivity contribution in [1.29, 1.82) is 0 Å². The number of nitrogens with zero attached hydrogens (tertiary/aromatic N) is 2. The van der Waals surface area contributed by atoms with Gasteiger partial charge in [0.15, 0.2) is 0 Å². The molecule has 0 atom stereocenters. The van der Waals surface area contributed by atoms with E-state index in [9.17, 15) is 0 Å². The number of halogens is 2. The summed E-state index contributed by atoms with van der Waals surface area (Å²) in [5, 5.41) is 4.52. The van der Waals surface area contributed by atoms with Gasteiger partial charge < -0.3 is 9.88 Å². The molecule has 5 heteroatoms. The summed E-state index contributed by atoms with van der Waals surface area (Å²) in [4.78, 5) is 4.06. The van der Waals surface area contributed by atoms with Crippen molar-refractivity contribution in [3.05, 3.63) is 76.8 Å². The molecule has 0 amide bonds. The molecule has 3 nitrogen and oxygen atoms in total. The van der Waals surface area contributed by atoms with Crippen LogP contribution >= 0.6 is 23.2 Å². The highest BCUT2D eigenvalue weighted by molar-refractivity contribution is 6.42. The van der Waals surface area contributed by atoms with Crippen LogP contribution in [0.3, 0.4) is 0 Å². The molecule has 0 saturated heterocycles. The van der Waals surface area contributed by atoms with Crippen LogP contribution < -0.4 is 5.32 Å². The highest BCUT2D eigenvalue weighted by atomic mass is 35.5. The molecule has 1 heterocycles. The number of aromatic nitrogens is 2. The second-order valence-corrected chi connectivity index (χ2v) is 5.44. The Hall–Kier alpha value is -1.97. The quantitative estimate of drug-likeness (QED) is 0.749. The van der Waals surface area contributed by atoms with E-state index < -0.39 is 0 Å². The van der Waals surface area contributed by atoms with E-state index in [1.165, 1.54) is 0 Å². The minimum Gasteiger partial charge on any atom is -0.381 e. The smallest absolute Gasteiger partial charge is 0.0991 e. The average Bonchev–Trinajstić information content (AvgIpc) is 3.03. The molecule has 0 unspecified atom stereocenters. The Bertz CT molecular complexity index is 739. The third-order valence-corrected chi connectivity index (χ3v) is 3.87. The molecule has 2 aromatic carbocycles. The molecule has 21 heavy (non-hydrogen) atoms. The van der Waals surface area contributed by atoms with E-state index in [1.54, 1.807) is 12.5 Å². The second kappa shape index (κ2) is 6.20. The first-order chi connectivity index (χ1) is 10.2. The first-order valence-corrected chi connectivity index (χ1v) is 7.24. The molecule has 0 spiro atoms. The largest absolute Gasteiger partial charge is 0.381 e. The molecular formula is C16H13Cl2N3. The van der Waals surface area contributed by atoms with Gasteiger partial charge in [-0.2, -0.15) is 0 Å². The maximum absolute atomic E-state index is 6.02. The summed E-state index contributed by atoms with van der Waals surface area (Å²) >= 11 is 11.9. The lowest BCUT2D eigenvalue weighted by Gasteiger charge is -2.09. The summed E-state index contributed by atoms with van der Waals surface area (Å²) in [5.41, 5.74) is 3.18. The van der Waals surface area contributed by atoms with Crippen LogP contribution in [0.5, 0.6) is 0 Å². The van der Waals surface area contributed by atoms with Crippen molar-refractivity contribution in [3.63, 3.8) is 0 Å². The predicted molar refractivity (Wildman–Crippen MR) is 87.4 cm³/mol. The topological polar surface area (TPSA) is 29.9 Å². The number of hydrogen-bond acceptors (Lipinski definition) is 2. The van der Waals surface area contributed by atoms with Crippen LogP contribution in [-0.4, -0.2) is 9.55 Å². The fourth-order valence-corrected chi connectivity index (χ4v) is 2.36. The molecule has 0 bridgehead atoms. The molecule has 0 saturated carbocycles. The van der Waals surface area contributed by atoms with E-state index in [4.69, 9.17) is 23.2 Å². The monoisotopic (exact) mass is 317 g/mol. The maximum atomic E-state index is 6.02. The van der Waals surface area contributed by atoms with Gasteiger partial charge in [-0.05, 0) is 35.9 Å². The number of anilines is 1. The third kappa shape index (κ3) is 3.38. The van der Waals surface area contributed by atoms with Crippen molar-refractivity contribution in [1.82, 2.24) is 9.55 Å². The van der Waals surface area contributed by atoms with Gasteiger partial charge in [0.05, 0.1) is 16.4 Å². The van der Waals surface area contributed by atoms with Gasteiger partial charge in [0, 0.05) is 30.3 Å². The van der Waals surface area contributed by atoms with Crippen LogP contribution in [0.2, 0.25) is 10.0 Å². The summed E-state index contributed by atoms with van der Waals surface area (Å²) in [5.74, 6) is 0. The zero-order chi connectivity index (χ0) is 14.7. The van der Waals surface area contributed by atoms with Crippen molar-refractivity contribution in [2.45, 2.75) is 6.54 Å². The van der Waals surface area contributed by atoms with Gasteiger partial charge in [0.25, 0.3) is 0 Å². The highest BCUT2D eigenvalue weighted by Crippen LogP contribution is 2.23. The SMILES string of the molecule is Clc1ccc(CNc2cccc(-n3ccnc3)c2)cc1Cl. The molecule has 3 rings (SSSR count). The fraction of sp³-hybridized carbons (Fsp3) is 0.0625. The van der Waals surface area contributed by atoms with Crippen LogP contribution in [0, 0.1) is 0 Å². The van der Waals surface area contributed by atoms with Gasteiger partial charge in [-0.1, -0.05) is 35.3 Å². The zero-order valence-electron chi connectivity index (χ0n) is 11.1. The van der Waals surface area contributed by atoms with Crippen LogP contribution in [0.25, 0.3) is 5.69 Å². The van der Waals surface area contributed by atoms with E-state index in [1.807, 2.05) is 47.2 Å². The Morgan fingerprint density at radius 2 is 1.95 bits per heavy atom. The number of nitrogens with one attached hydrogen (secondary N) is 1. The molecule has 0 aliphatic rings. The Morgan fingerprint density at radius 1 is 1.05 bits per heavy atom. The molecule has 0 aliphatic carbocycles. The lowest BCUT2D eigenvalue weighted by atomic mass is 10.2. The Kier molecular flexibility index (Phi) is 4.13. The van der Waals surface area contributed by atoms with Crippen molar-refractivity contribution in [3.8, 4) is 5.69 Å². The third-order valence-electron chi connectivity index (χ3n) is 3.13. The Labute approximate surface area is 133 Å². The van der Waals surface area contributed by atoms with E-state index in [-0.39, 0.29) is 0 Å². The van der Waals surface area contributed by atoms with Crippen LogP contribution in [0.4, 0.5) is 5.69 Å². The zero-order valence-corrected chi connectivity index (χ0v) is 12.6. The molecule has 106 valence electrons. The van der Waals surface area contributed by atoms with Crippen molar-refractivity contribution in [2.24, 2.45) is 0 Å². The van der Waals surface area contributed by atoms with Crippen LogP contribution in [0.15, 0.2) is 61.2 Å². The van der Waals surface area contributed by atoms with E-state index in [0.717, 1.165) is 16.9 Å². The summed E-state index contributed by atoms with van der Waals surface area (Å²) in [6, 6.07) is 13.8. The Morgan fingerprint density at radius 3 is 2.71 bits per heavy atom. The van der Waals surface area contributed by atoms with Crippen molar-refractivity contribution >= 4 is 28.9 Å². The fourth-order valence-electron chi connectivity index (χ4n) is 2.04. The molecule has 0 aliphatic heterocycles. The summed E-state index contributed by atoms with van der Waals surface area (Å²) < 4.78 is 1.96. The molecule has 1 N–H and O–H groups in total. The summed E-state index contributed by atoms with van der Waals surface area (Å²) in [6.45, 7) is 0.685. The van der Waals surface area contributed by atoms with Gasteiger partial charge in [-0.3, -0.25) is 0 Å². The highest BCUT2D eigenvalue weighted by Gasteiger charge is 2.01. The summed E-state index contributed by atoms with van der Waals surface area (Å²) in [6.07, 6.45) is 5.45. The van der Waals surface area contributed by atoms with Gasteiger partial charge in [-0.15, -0.1) is 0 Å². The number of rotatable bonds is 4. The maximum Gasteiger partial charge on any atom is 0.0991 e. The molecular weight excluding hydrogens is 305 g/mol. The Balaban J connectivity index is 1.73. The van der Waals surface area contributed by atoms with Gasteiger partial charge in [0.1, 0.15) is 0 Å². The molecule has 0 radical (unpaired) electrons. The first-order valence-electron chi connectivity index (χ1n) is 6.48. The average molecular weight is 318 g/mol. The number of hydrogen-bond donors (Lipinski definition) is 1. The minimum absolute atomic E-state index is 0.572. The van der Waals surface area contributed by atoms with E-state index >= 15 is 0 Å². The van der Waals surface area contributed by atoms with Crippen molar-refractivity contribution < 1.29 is 0 Å². The molecule has 0 fully saturated rings. The summed E-state index contributed by atoms with van der Waals surface area (Å²) in [7, 11) is 0. The van der Waals surface area contributed by atoms with Crippen LogP contribution in [0.1, 0.15) is 5.56 Å². The lowest BCUT2D eigenvalue weighted by Crippen LogP contribution is -2.00. The van der Waals surface area contributed by atoms with Gasteiger partial charge in [0.2, 0.25) is 0 Å². The number of benzene rings is 2. The molecule has 1 aromatic heterocycles. The van der Waals surface area contributed by atoms with Gasteiger partial charge >= 0.3 is 0 Å². The first kappa shape index (κ1) is 14.0. The van der Waals surface area contributed by atoms with Crippen LogP contribution in [-0.2, 0) is 6.54 Å². The normalized spacial score (nSPS) is 10.6. The standard InChI is InChI=1S/C16H13Cl2N3/c17-15-5-4-12(8-16(15)18)10-20-13-2-1-3-14(9-13)21-7-6-19-11-21/h1-9,11,20H,10H2. The van der Waals surface area contributed by atoms with Crippen molar-refractivity contribution in [2.75, 3.05) is 5.32 Å². The van der Waals surface area contributed by atoms with E-state index in [2.05, 4.69) is 16.4 Å². The minimum atomic E-state index is 0.572.